The quantitative estimate of drug-likeness (QED) is 0.463. The third-order valence-corrected chi connectivity index (χ3v) is 1.14. The van der Waals surface area contributed by atoms with Gasteiger partial charge in [-0.3, -0.25) is 0 Å². The Hall–Kier alpha value is -0.980. The molecule has 0 amide bonds. The van der Waals surface area contributed by atoms with Crippen LogP contribution in [0.2, 0.25) is 0 Å². The lowest BCUT2D eigenvalue weighted by molar-refractivity contribution is 1.02. The van der Waals surface area contributed by atoms with Gasteiger partial charge < -0.3 is 5.32 Å². The van der Waals surface area contributed by atoms with Gasteiger partial charge in [-0.15, -0.1) is 6.58 Å². The van der Waals surface area contributed by atoms with Crippen molar-refractivity contribution in [1.29, 1.82) is 0 Å². The molecule has 0 aromatic heterocycles. The molecule has 1 N–H and O–H groups in total. The normalized spacial score (nSPS) is 12.0. The second kappa shape index (κ2) is 6.14. The summed E-state index contributed by atoms with van der Waals surface area (Å²) in [5, 5.41) is 3.06. The van der Waals surface area contributed by atoms with E-state index in [9.17, 15) is 0 Å². The molecule has 0 saturated heterocycles. The van der Waals surface area contributed by atoms with E-state index < -0.39 is 0 Å². The zero-order valence-electron chi connectivity index (χ0n) is 6.72. The van der Waals surface area contributed by atoms with E-state index in [-0.39, 0.29) is 0 Å². The molecule has 10 heavy (non-hydrogen) atoms. The van der Waals surface area contributed by atoms with Gasteiger partial charge in [0.1, 0.15) is 0 Å². The second-order valence-corrected chi connectivity index (χ2v) is 1.93. The Morgan fingerprint density at radius 3 is 2.70 bits per heavy atom. The molecule has 0 aromatic rings. The van der Waals surface area contributed by atoms with Gasteiger partial charge in [0.25, 0.3) is 0 Å². The molecule has 1 heteroatoms. The molecule has 1 nitrogen and oxygen atoms in total. The zero-order valence-corrected chi connectivity index (χ0v) is 6.72. The Morgan fingerprint density at radius 1 is 1.60 bits per heavy atom. The standard InChI is InChI=1S/C9H15N/c1-4-6-8-9(10-3)7-5-2/h4-5,7-8,10H,1,6H2,2-3H3/b7-5-,9-8?. The van der Waals surface area contributed by atoms with Gasteiger partial charge in [0.2, 0.25) is 0 Å². The molecule has 0 bridgehead atoms. The summed E-state index contributed by atoms with van der Waals surface area (Å²) >= 11 is 0. The van der Waals surface area contributed by atoms with Crippen LogP contribution < -0.4 is 5.32 Å². The van der Waals surface area contributed by atoms with E-state index in [1.165, 1.54) is 0 Å². The molecular formula is C9H15N. The smallest absolute Gasteiger partial charge is 0.0296 e. The lowest BCUT2D eigenvalue weighted by Gasteiger charge is -1.97. The van der Waals surface area contributed by atoms with Crippen LogP contribution in [0, 0.1) is 0 Å². The van der Waals surface area contributed by atoms with Gasteiger partial charge in [-0.25, -0.2) is 0 Å². The van der Waals surface area contributed by atoms with Crippen LogP contribution in [0.4, 0.5) is 0 Å². The van der Waals surface area contributed by atoms with Gasteiger partial charge in [-0.1, -0.05) is 18.2 Å². The SMILES string of the molecule is C=CCC=C(/C=C\C)NC. The van der Waals surface area contributed by atoms with Gasteiger partial charge in [0.05, 0.1) is 0 Å². The van der Waals surface area contributed by atoms with Crippen molar-refractivity contribution in [2.75, 3.05) is 7.05 Å². The molecule has 0 aliphatic heterocycles. The Kier molecular flexibility index (Phi) is 5.54. The van der Waals surface area contributed by atoms with Gasteiger partial charge in [0, 0.05) is 12.7 Å². The Balaban J connectivity index is 3.90. The van der Waals surface area contributed by atoms with Crippen LogP contribution in [0.15, 0.2) is 36.6 Å². The molecule has 0 radical (unpaired) electrons. The largest absolute Gasteiger partial charge is 0.388 e. The first-order chi connectivity index (χ1) is 4.85. The minimum absolute atomic E-state index is 0.917. The summed E-state index contributed by atoms with van der Waals surface area (Å²) < 4.78 is 0. The average molecular weight is 137 g/mol. The first-order valence-corrected chi connectivity index (χ1v) is 3.46. The molecule has 0 heterocycles. The molecule has 0 spiro atoms. The van der Waals surface area contributed by atoms with Gasteiger partial charge in [0.15, 0.2) is 0 Å². The molecule has 0 atom stereocenters. The third-order valence-electron chi connectivity index (χ3n) is 1.14. The maximum atomic E-state index is 3.63. The van der Waals surface area contributed by atoms with E-state index in [1.54, 1.807) is 0 Å². The molecule has 0 aliphatic carbocycles. The first-order valence-electron chi connectivity index (χ1n) is 3.46. The highest BCUT2D eigenvalue weighted by atomic mass is 14.8. The topological polar surface area (TPSA) is 12.0 Å². The van der Waals surface area contributed by atoms with Crippen molar-refractivity contribution < 1.29 is 0 Å². The van der Waals surface area contributed by atoms with Crippen molar-refractivity contribution >= 4 is 0 Å². The molecule has 0 rings (SSSR count). The minimum atomic E-state index is 0.917. The first kappa shape index (κ1) is 9.02. The summed E-state index contributed by atoms with van der Waals surface area (Å²) in [5.74, 6) is 0. The Labute approximate surface area is 63.1 Å². The highest BCUT2D eigenvalue weighted by Gasteiger charge is 1.81. The maximum Gasteiger partial charge on any atom is 0.0296 e. The molecular weight excluding hydrogens is 122 g/mol. The van der Waals surface area contributed by atoms with Crippen molar-refractivity contribution in [3.05, 3.63) is 36.6 Å². The van der Waals surface area contributed by atoms with Crippen molar-refractivity contribution in [3.8, 4) is 0 Å². The van der Waals surface area contributed by atoms with Crippen molar-refractivity contribution in [2.24, 2.45) is 0 Å². The number of likely N-dealkylation sites (N-methyl/N-ethyl adjacent to an activating group) is 1. The van der Waals surface area contributed by atoms with Gasteiger partial charge in [-0.05, 0) is 19.4 Å². The summed E-state index contributed by atoms with van der Waals surface area (Å²) in [4.78, 5) is 0. The Morgan fingerprint density at radius 2 is 2.30 bits per heavy atom. The Bertz CT molecular complexity index is 143. The molecule has 0 fully saturated rings. The van der Waals surface area contributed by atoms with Crippen LogP contribution in [-0.2, 0) is 0 Å². The van der Waals surface area contributed by atoms with E-state index in [0.717, 1.165) is 12.1 Å². The fourth-order valence-electron chi connectivity index (χ4n) is 0.643. The number of rotatable bonds is 4. The maximum absolute atomic E-state index is 3.63. The number of nitrogens with one attached hydrogen (secondary N) is 1. The summed E-state index contributed by atoms with van der Waals surface area (Å²) in [6, 6.07) is 0. The summed E-state index contributed by atoms with van der Waals surface area (Å²) in [7, 11) is 1.91. The number of hydrogen-bond donors (Lipinski definition) is 1. The predicted molar refractivity (Wildman–Crippen MR) is 46.8 cm³/mol. The predicted octanol–water partition coefficient (Wildman–Crippen LogP) is 2.24. The van der Waals surface area contributed by atoms with Crippen LogP contribution in [0.5, 0.6) is 0 Å². The van der Waals surface area contributed by atoms with E-state index in [1.807, 2.05) is 32.2 Å². The minimum Gasteiger partial charge on any atom is -0.388 e. The van der Waals surface area contributed by atoms with Crippen molar-refractivity contribution in [3.63, 3.8) is 0 Å². The summed E-state index contributed by atoms with van der Waals surface area (Å²) in [5.41, 5.74) is 1.14. The average Bonchev–Trinajstić information content (AvgIpc) is 1.98. The van der Waals surface area contributed by atoms with E-state index in [4.69, 9.17) is 0 Å². The highest BCUT2D eigenvalue weighted by molar-refractivity contribution is 5.16. The van der Waals surface area contributed by atoms with Crippen LogP contribution >= 0.6 is 0 Å². The molecule has 56 valence electrons. The molecule has 0 saturated carbocycles. The molecule has 0 unspecified atom stereocenters. The monoisotopic (exact) mass is 137 g/mol. The number of hydrogen-bond acceptors (Lipinski definition) is 1. The summed E-state index contributed by atoms with van der Waals surface area (Å²) in [6.45, 7) is 5.63. The van der Waals surface area contributed by atoms with Crippen molar-refractivity contribution in [1.82, 2.24) is 5.32 Å². The van der Waals surface area contributed by atoms with Crippen LogP contribution in [0.25, 0.3) is 0 Å². The fraction of sp³-hybridized carbons (Fsp3) is 0.333. The van der Waals surface area contributed by atoms with Crippen LogP contribution in [0.3, 0.4) is 0 Å². The zero-order chi connectivity index (χ0) is 7.82. The second-order valence-electron chi connectivity index (χ2n) is 1.93. The van der Waals surface area contributed by atoms with Gasteiger partial charge in [-0.2, -0.15) is 0 Å². The lowest BCUT2D eigenvalue weighted by atomic mass is 10.3. The number of allylic oxidation sites excluding steroid dienone is 4. The van der Waals surface area contributed by atoms with Crippen LogP contribution in [-0.4, -0.2) is 7.05 Å². The lowest BCUT2D eigenvalue weighted by Crippen LogP contribution is -2.02. The van der Waals surface area contributed by atoms with Gasteiger partial charge >= 0.3 is 0 Å². The highest BCUT2D eigenvalue weighted by Crippen LogP contribution is 1.93. The van der Waals surface area contributed by atoms with Crippen molar-refractivity contribution in [2.45, 2.75) is 13.3 Å². The van der Waals surface area contributed by atoms with E-state index in [2.05, 4.69) is 18.0 Å². The fourth-order valence-corrected chi connectivity index (χ4v) is 0.643. The molecule has 0 aromatic carbocycles. The van der Waals surface area contributed by atoms with Crippen LogP contribution in [0.1, 0.15) is 13.3 Å². The molecule has 0 aliphatic rings. The van der Waals surface area contributed by atoms with E-state index >= 15 is 0 Å². The third kappa shape index (κ3) is 3.96. The van der Waals surface area contributed by atoms with E-state index in [0.29, 0.717) is 0 Å². The summed E-state index contributed by atoms with van der Waals surface area (Å²) in [6.07, 6.45) is 8.92.